The molecule has 0 bridgehead atoms. The van der Waals surface area contributed by atoms with E-state index in [1.54, 1.807) is 18.6 Å². The van der Waals surface area contributed by atoms with Crippen molar-refractivity contribution in [1.29, 1.82) is 0 Å². The predicted octanol–water partition coefficient (Wildman–Crippen LogP) is 3.10. The smallest absolute Gasteiger partial charge is 0.338 e. The molecule has 1 saturated heterocycles. The summed E-state index contributed by atoms with van der Waals surface area (Å²) in [6.07, 6.45) is 2.29. The summed E-state index contributed by atoms with van der Waals surface area (Å²) in [6.45, 7) is 8.71. The molecule has 0 saturated carbocycles. The normalized spacial score (nSPS) is 19.0. The van der Waals surface area contributed by atoms with Gasteiger partial charge in [-0.05, 0) is 42.2 Å². The number of β-amino-alcohol motifs (C(OH)–C–C–N with tert-alkyl or cyclic N) is 2. The summed E-state index contributed by atoms with van der Waals surface area (Å²) in [5, 5.41) is 23.9. The van der Waals surface area contributed by atoms with Gasteiger partial charge in [-0.3, -0.25) is 9.80 Å². The van der Waals surface area contributed by atoms with E-state index in [9.17, 15) is 15.0 Å². The molecule has 7 nitrogen and oxygen atoms in total. The number of piperazine rings is 1. The van der Waals surface area contributed by atoms with Crippen molar-refractivity contribution >= 4 is 16.7 Å². The number of hydrogen-bond donors (Lipinski definition) is 2. The van der Waals surface area contributed by atoms with Crippen molar-refractivity contribution in [3.8, 4) is 0 Å². The van der Waals surface area contributed by atoms with Gasteiger partial charge >= 0.3 is 5.97 Å². The van der Waals surface area contributed by atoms with Crippen LogP contribution < -0.4 is 0 Å². The van der Waals surface area contributed by atoms with Crippen LogP contribution in [0.3, 0.4) is 0 Å². The minimum absolute atomic E-state index is 0.285. The lowest BCUT2D eigenvalue weighted by atomic mass is 9.95. The van der Waals surface area contributed by atoms with E-state index < -0.39 is 12.2 Å². The zero-order chi connectivity index (χ0) is 23.1. The molecule has 174 valence electrons. The van der Waals surface area contributed by atoms with Crippen molar-refractivity contribution in [2.75, 3.05) is 39.3 Å². The number of aliphatic hydroxyl groups excluding tert-OH is 2. The molecule has 2 aliphatic rings. The highest BCUT2D eigenvalue weighted by molar-refractivity contribution is 5.94. The molecule has 0 aliphatic carbocycles. The van der Waals surface area contributed by atoms with E-state index in [0.29, 0.717) is 18.7 Å². The predicted molar refractivity (Wildman–Crippen MR) is 124 cm³/mol. The van der Waals surface area contributed by atoms with Crippen molar-refractivity contribution in [3.63, 3.8) is 0 Å². The Morgan fingerprint density at radius 1 is 0.879 bits per heavy atom. The van der Waals surface area contributed by atoms with Gasteiger partial charge in [-0.2, -0.15) is 0 Å². The van der Waals surface area contributed by atoms with E-state index in [2.05, 4.69) is 9.80 Å². The Labute approximate surface area is 193 Å². The van der Waals surface area contributed by atoms with Gasteiger partial charge in [0.1, 0.15) is 6.61 Å². The number of carbonyl (C=O) groups is 1. The van der Waals surface area contributed by atoms with Gasteiger partial charge < -0.3 is 19.4 Å². The maximum absolute atomic E-state index is 11.8. The van der Waals surface area contributed by atoms with Crippen molar-refractivity contribution < 1.29 is 24.2 Å². The zero-order valence-corrected chi connectivity index (χ0v) is 19.1. The van der Waals surface area contributed by atoms with Crippen LogP contribution >= 0.6 is 0 Å². The molecule has 0 amide bonds. The summed E-state index contributed by atoms with van der Waals surface area (Å²) in [6, 6.07) is 7.59. The summed E-state index contributed by atoms with van der Waals surface area (Å²) in [5.41, 5.74) is 5.30. The third-order valence-corrected chi connectivity index (χ3v) is 7.22. The lowest BCUT2D eigenvalue weighted by Gasteiger charge is -2.36. The van der Waals surface area contributed by atoms with Gasteiger partial charge in [0.2, 0.25) is 0 Å². The maximum Gasteiger partial charge on any atom is 0.338 e. The largest absolute Gasteiger partial charge is 0.471 e. The van der Waals surface area contributed by atoms with Crippen LogP contribution in [-0.2, 0) is 11.3 Å². The van der Waals surface area contributed by atoms with Gasteiger partial charge in [-0.25, -0.2) is 4.79 Å². The molecule has 2 N–H and O–H groups in total. The minimum Gasteiger partial charge on any atom is -0.471 e. The third kappa shape index (κ3) is 4.17. The van der Waals surface area contributed by atoms with Crippen molar-refractivity contribution in [3.05, 3.63) is 70.2 Å². The number of hydrogen-bond acceptors (Lipinski definition) is 7. The number of aliphatic hydroxyl groups is 2. The monoisotopic (exact) mass is 450 g/mol. The SMILES string of the molecule is Cc1c([C@H](O)CN2CCN(C[C@H](O)c3ccc4cocc4c3C)CC2)ccc2c1COC2=O. The van der Waals surface area contributed by atoms with E-state index in [4.69, 9.17) is 9.15 Å². The molecule has 2 aromatic carbocycles. The second-order valence-corrected chi connectivity index (χ2v) is 9.17. The van der Waals surface area contributed by atoms with Crippen LogP contribution in [0.15, 0.2) is 41.2 Å². The second kappa shape index (κ2) is 8.91. The molecule has 7 heteroatoms. The molecular weight excluding hydrogens is 420 g/mol. The maximum atomic E-state index is 11.8. The third-order valence-electron chi connectivity index (χ3n) is 7.22. The van der Waals surface area contributed by atoms with Crippen LogP contribution in [0.25, 0.3) is 10.8 Å². The van der Waals surface area contributed by atoms with Crippen molar-refractivity contribution in [2.24, 2.45) is 0 Å². The minimum atomic E-state index is -0.618. The fourth-order valence-corrected chi connectivity index (χ4v) is 5.13. The molecule has 3 heterocycles. The molecule has 3 aromatic rings. The summed E-state index contributed by atoms with van der Waals surface area (Å²) in [7, 11) is 0. The number of esters is 1. The number of cyclic esters (lactones) is 1. The number of furan rings is 1. The molecule has 1 fully saturated rings. The Hall–Kier alpha value is -2.71. The highest BCUT2D eigenvalue weighted by atomic mass is 16.5. The zero-order valence-electron chi connectivity index (χ0n) is 19.1. The van der Waals surface area contributed by atoms with Gasteiger partial charge in [0.25, 0.3) is 0 Å². The van der Waals surface area contributed by atoms with E-state index >= 15 is 0 Å². The molecule has 33 heavy (non-hydrogen) atoms. The Kier molecular flexibility index (Phi) is 5.97. The van der Waals surface area contributed by atoms with Gasteiger partial charge in [0, 0.05) is 55.6 Å². The standard InChI is InChI=1S/C26H30N2O5/c1-16-19(4-3-18-13-32-14-22(16)18)24(29)11-27-7-9-28(10-8-27)12-25(30)20-5-6-21-23(17(20)2)15-33-26(21)31/h3-6,13-14,24-25,29-30H,7-12,15H2,1-2H3/t24-,25+/m0/s1. The van der Waals surface area contributed by atoms with Crippen LogP contribution in [0.1, 0.15) is 50.4 Å². The first-order chi connectivity index (χ1) is 15.9. The van der Waals surface area contributed by atoms with Crippen LogP contribution in [0.5, 0.6) is 0 Å². The average molecular weight is 451 g/mol. The van der Waals surface area contributed by atoms with Gasteiger partial charge in [-0.15, -0.1) is 0 Å². The quantitative estimate of drug-likeness (QED) is 0.558. The molecule has 0 radical (unpaired) electrons. The van der Waals surface area contributed by atoms with Crippen LogP contribution in [0.2, 0.25) is 0 Å². The summed E-state index contributed by atoms with van der Waals surface area (Å²) >= 11 is 0. The van der Waals surface area contributed by atoms with E-state index in [1.165, 1.54) is 0 Å². The average Bonchev–Trinajstić information content (AvgIpc) is 3.43. The van der Waals surface area contributed by atoms with Crippen LogP contribution in [0.4, 0.5) is 0 Å². The highest BCUT2D eigenvalue weighted by Gasteiger charge is 2.27. The Morgan fingerprint density at radius 3 is 2.15 bits per heavy atom. The number of aryl methyl sites for hydroxylation is 1. The number of rotatable bonds is 6. The first-order valence-electron chi connectivity index (χ1n) is 11.5. The number of carbonyl (C=O) groups excluding carboxylic acids is 1. The van der Waals surface area contributed by atoms with E-state index in [0.717, 1.165) is 64.8 Å². The Bertz CT molecular complexity index is 1180. The molecule has 0 unspecified atom stereocenters. The van der Waals surface area contributed by atoms with Gasteiger partial charge in [0.05, 0.1) is 30.3 Å². The van der Waals surface area contributed by atoms with Gasteiger partial charge in [-0.1, -0.05) is 18.2 Å². The second-order valence-electron chi connectivity index (χ2n) is 9.17. The fourth-order valence-electron chi connectivity index (χ4n) is 5.13. The number of ether oxygens (including phenoxy) is 1. The number of nitrogens with zero attached hydrogens (tertiary/aromatic N) is 2. The van der Waals surface area contributed by atoms with Crippen LogP contribution in [0, 0.1) is 13.8 Å². The molecular formula is C26H30N2O5. The Morgan fingerprint density at radius 2 is 1.48 bits per heavy atom. The first-order valence-corrected chi connectivity index (χ1v) is 11.5. The lowest BCUT2D eigenvalue weighted by Crippen LogP contribution is -2.48. The molecule has 5 rings (SSSR count). The topological polar surface area (TPSA) is 86.4 Å². The van der Waals surface area contributed by atoms with Crippen molar-refractivity contribution in [2.45, 2.75) is 32.7 Å². The lowest BCUT2D eigenvalue weighted by molar-refractivity contribution is 0.0479. The van der Waals surface area contributed by atoms with Crippen molar-refractivity contribution in [1.82, 2.24) is 9.80 Å². The Balaban J connectivity index is 1.17. The molecule has 0 spiro atoms. The summed E-state index contributed by atoms with van der Waals surface area (Å²) in [4.78, 5) is 16.3. The number of benzene rings is 2. The molecule has 2 atom stereocenters. The summed E-state index contributed by atoms with van der Waals surface area (Å²) in [5.74, 6) is -0.285. The van der Waals surface area contributed by atoms with Gasteiger partial charge in [0.15, 0.2) is 0 Å². The highest BCUT2D eigenvalue weighted by Crippen LogP contribution is 2.30. The van der Waals surface area contributed by atoms with Crippen LogP contribution in [-0.4, -0.2) is 65.3 Å². The fraction of sp³-hybridized carbons (Fsp3) is 0.423. The first kappa shape index (κ1) is 22.1. The van der Waals surface area contributed by atoms with E-state index in [1.807, 2.05) is 32.0 Å². The number of fused-ring (bicyclic) bond motifs is 2. The molecule has 2 aliphatic heterocycles. The van der Waals surface area contributed by atoms with E-state index in [-0.39, 0.29) is 12.6 Å². The summed E-state index contributed by atoms with van der Waals surface area (Å²) < 4.78 is 10.4. The molecule has 1 aromatic heterocycles.